The number of aromatic nitrogens is 4. The van der Waals surface area contributed by atoms with Gasteiger partial charge in [0.15, 0.2) is 5.69 Å². The van der Waals surface area contributed by atoms with E-state index in [4.69, 9.17) is 5.73 Å². The van der Waals surface area contributed by atoms with Gasteiger partial charge >= 0.3 is 0 Å². The van der Waals surface area contributed by atoms with Crippen LogP contribution < -0.4 is 10.6 Å². The standard InChI is InChI=1S/C15H16N6OS/c1-8-17-14(9-4-6-23-15(9)18-8)21-5-3-11-10(7-21)12(13(16)22)19-20(11)2/h4,6H,3,5,7H2,1-2H3,(H2,16,22). The molecule has 23 heavy (non-hydrogen) atoms. The molecule has 3 aromatic heterocycles. The van der Waals surface area contributed by atoms with Gasteiger partial charge in [0.1, 0.15) is 16.5 Å². The van der Waals surface area contributed by atoms with Crippen molar-refractivity contribution in [2.24, 2.45) is 12.8 Å². The molecule has 8 heteroatoms. The Morgan fingerprint density at radius 2 is 2.22 bits per heavy atom. The van der Waals surface area contributed by atoms with Crippen LogP contribution in [0.2, 0.25) is 0 Å². The van der Waals surface area contributed by atoms with Crippen molar-refractivity contribution in [1.29, 1.82) is 0 Å². The highest BCUT2D eigenvalue weighted by Gasteiger charge is 2.27. The highest BCUT2D eigenvalue weighted by atomic mass is 32.1. The Hall–Kier alpha value is -2.48. The number of thiophene rings is 1. The second kappa shape index (κ2) is 5.02. The van der Waals surface area contributed by atoms with Crippen LogP contribution in [0.3, 0.4) is 0 Å². The van der Waals surface area contributed by atoms with Crippen molar-refractivity contribution in [3.63, 3.8) is 0 Å². The van der Waals surface area contributed by atoms with Crippen molar-refractivity contribution in [3.05, 3.63) is 34.2 Å². The molecule has 0 radical (unpaired) electrons. The van der Waals surface area contributed by atoms with E-state index >= 15 is 0 Å². The lowest BCUT2D eigenvalue weighted by Crippen LogP contribution is -2.32. The monoisotopic (exact) mass is 328 g/mol. The molecule has 0 aromatic carbocycles. The molecule has 4 heterocycles. The number of anilines is 1. The number of hydrogen-bond donors (Lipinski definition) is 1. The number of carbonyl (C=O) groups is 1. The summed E-state index contributed by atoms with van der Waals surface area (Å²) in [7, 11) is 1.85. The average Bonchev–Trinajstić information content (AvgIpc) is 3.10. The van der Waals surface area contributed by atoms with Crippen LogP contribution in [-0.2, 0) is 20.0 Å². The van der Waals surface area contributed by atoms with Crippen LogP contribution in [-0.4, -0.2) is 32.2 Å². The fourth-order valence-corrected chi connectivity index (χ4v) is 3.96. The number of nitrogens with two attached hydrogens (primary N) is 1. The topological polar surface area (TPSA) is 89.9 Å². The minimum absolute atomic E-state index is 0.361. The van der Waals surface area contributed by atoms with Crippen LogP contribution in [0, 0.1) is 6.92 Å². The van der Waals surface area contributed by atoms with Gasteiger partial charge in [-0.25, -0.2) is 9.97 Å². The van der Waals surface area contributed by atoms with Gasteiger partial charge in [-0.3, -0.25) is 9.48 Å². The summed E-state index contributed by atoms with van der Waals surface area (Å²) in [6.07, 6.45) is 0.806. The molecule has 118 valence electrons. The zero-order valence-corrected chi connectivity index (χ0v) is 13.7. The summed E-state index contributed by atoms with van der Waals surface area (Å²) in [5, 5.41) is 7.35. The molecule has 3 aromatic rings. The van der Waals surface area contributed by atoms with Crippen molar-refractivity contribution >= 4 is 33.3 Å². The molecule has 0 fully saturated rings. The van der Waals surface area contributed by atoms with Gasteiger partial charge < -0.3 is 10.6 Å². The second-order valence-corrected chi connectivity index (χ2v) is 6.56. The fourth-order valence-electron chi connectivity index (χ4n) is 3.16. The van der Waals surface area contributed by atoms with Gasteiger partial charge in [0.05, 0.1) is 5.39 Å². The molecule has 0 unspecified atom stereocenters. The largest absolute Gasteiger partial charge is 0.364 e. The Labute approximate surface area is 136 Å². The quantitative estimate of drug-likeness (QED) is 0.768. The van der Waals surface area contributed by atoms with Crippen molar-refractivity contribution < 1.29 is 4.79 Å². The van der Waals surface area contributed by atoms with Crippen molar-refractivity contribution in [2.45, 2.75) is 19.9 Å². The summed E-state index contributed by atoms with van der Waals surface area (Å²) in [5.74, 6) is 1.18. The summed E-state index contributed by atoms with van der Waals surface area (Å²) >= 11 is 1.61. The highest BCUT2D eigenvalue weighted by Crippen LogP contribution is 2.31. The predicted octanol–water partition coefficient (Wildman–Crippen LogP) is 1.39. The first-order chi connectivity index (χ1) is 11.0. The van der Waals surface area contributed by atoms with Gasteiger partial charge in [0.25, 0.3) is 5.91 Å². The molecule has 7 nitrogen and oxygen atoms in total. The lowest BCUT2D eigenvalue weighted by molar-refractivity contribution is 0.0994. The minimum atomic E-state index is -0.483. The van der Waals surface area contributed by atoms with E-state index in [-0.39, 0.29) is 0 Å². The van der Waals surface area contributed by atoms with Crippen LogP contribution in [0.1, 0.15) is 27.6 Å². The zero-order valence-electron chi connectivity index (χ0n) is 12.9. The molecule has 0 atom stereocenters. The predicted molar refractivity (Wildman–Crippen MR) is 88.6 cm³/mol. The van der Waals surface area contributed by atoms with Gasteiger partial charge in [-0.05, 0) is 18.4 Å². The van der Waals surface area contributed by atoms with Crippen molar-refractivity contribution in [2.75, 3.05) is 11.4 Å². The third-order valence-corrected chi connectivity index (χ3v) is 5.00. The molecule has 0 saturated heterocycles. The van der Waals surface area contributed by atoms with Crippen molar-refractivity contribution in [3.8, 4) is 0 Å². The molecular formula is C15H16N6OS. The number of primary amides is 1. The van der Waals surface area contributed by atoms with Gasteiger partial charge in [0.2, 0.25) is 0 Å². The SMILES string of the molecule is Cc1nc(N2CCc3c(c(C(N)=O)nn3C)C2)c2ccsc2n1. The van der Waals surface area contributed by atoms with E-state index in [0.29, 0.717) is 12.2 Å². The molecule has 0 spiro atoms. The molecule has 1 aliphatic rings. The lowest BCUT2D eigenvalue weighted by atomic mass is 10.0. The molecule has 0 saturated carbocycles. The smallest absolute Gasteiger partial charge is 0.269 e. The number of nitrogens with zero attached hydrogens (tertiary/aromatic N) is 5. The molecule has 0 aliphatic carbocycles. The summed E-state index contributed by atoms with van der Waals surface area (Å²) in [5.41, 5.74) is 7.82. The average molecular weight is 328 g/mol. The fraction of sp³-hybridized carbons (Fsp3) is 0.333. The number of fused-ring (bicyclic) bond motifs is 2. The van der Waals surface area contributed by atoms with E-state index in [2.05, 4.69) is 20.0 Å². The Morgan fingerprint density at radius 3 is 3.00 bits per heavy atom. The number of carbonyl (C=O) groups excluding carboxylic acids is 1. The third-order valence-electron chi connectivity index (χ3n) is 4.19. The maximum atomic E-state index is 11.7. The third kappa shape index (κ3) is 2.17. The number of aryl methyl sites for hydroxylation is 2. The van der Waals surface area contributed by atoms with Crippen LogP contribution in [0.15, 0.2) is 11.4 Å². The highest BCUT2D eigenvalue weighted by molar-refractivity contribution is 7.16. The number of amides is 1. The Kier molecular flexibility index (Phi) is 3.08. The molecular weight excluding hydrogens is 312 g/mol. The summed E-state index contributed by atoms with van der Waals surface area (Å²) < 4.78 is 1.76. The molecule has 2 N–H and O–H groups in total. The van der Waals surface area contributed by atoms with E-state index in [1.54, 1.807) is 16.0 Å². The van der Waals surface area contributed by atoms with Gasteiger partial charge in [-0.15, -0.1) is 11.3 Å². The van der Waals surface area contributed by atoms with Crippen LogP contribution in [0.5, 0.6) is 0 Å². The van der Waals surface area contributed by atoms with E-state index < -0.39 is 5.91 Å². The molecule has 4 rings (SSSR count). The van der Waals surface area contributed by atoms with E-state index in [1.807, 2.05) is 25.4 Å². The Morgan fingerprint density at radius 1 is 1.39 bits per heavy atom. The van der Waals surface area contributed by atoms with Crippen LogP contribution >= 0.6 is 11.3 Å². The van der Waals surface area contributed by atoms with Gasteiger partial charge in [-0.2, -0.15) is 5.10 Å². The van der Waals surface area contributed by atoms with Gasteiger partial charge in [0, 0.05) is 37.8 Å². The molecule has 1 amide bonds. The second-order valence-electron chi connectivity index (χ2n) is 5.67. The maximum absolute atomic E-state index is 11.7. The first-order valence-electron chi connectivity index (χ1n) is 7.36. The summed E-state index contributed by atoms with van der Waals surface area (Å²) in [6, 6.07) is 2.04. The van der Waals surface area contributed by atoms with E-state index in [0.717, 1.165) is 46.1 Å². The van der Waals surface area contributed by atoms with Crippen LogP contribution in [0.4, 0.5) is 5.82 Å². The van der Waals surface area contributed by atoms with E-state index in [1.165, 1.54) is 0 Å². The maximum Gasteiger partial charge on any atom is 0.269 e. The summed E-state index contributed by atoms with van der Waals surface area (Å²) in [6.45, 7) is 3.31. The minimum Gasteiger partial charge on any atom is -0.364 e. The Balaban J connectivity index is 1.81. The first-order valence-corrected chi connectivity index (χ1v) is 8.24. The summed E-state index contributed by atoms with van der Waals surface area (Å²) in [4.78, 5) is 23.9. The normalized spacial score (nSPS) is 14.3. The van der Waals surface area contributed by atoms with Crippen molar-refractivity contribution in [1.82, 2.24) is 19.7 Å². The first kappa shape index (κ1) is 14.1. The number of hydrogen-bond acceptors (Lipinski definition) is 6. The number of rotatable bonds is 2. The zero-order chi connectivity index (χ0) is 16.1. The van der Waals surface area contributed by atoms with Gasteiger partial charge in [-0.1, -0.05) is 0 Å². The molecule has 1 aliphatic heterocycles. The lowest BCUT2D eigenvalue weighted by Gasteiger charge is -2.29. The molecule has 0 bridgehead atoms. The van der Waals surface area contributed by atoms with E-state index in [9.17, 15) is 4.79 Å². The van der Waals surface area contributed by atoms with Crippen LogP contribution in [0.25, 0.3) is 10.2 Å². The Bertz CT molecular complexity index is 928.